The summed E-state index contributed by atoms with van der Waals surface area (Å²) in [6.45, 7) is 2.36. The Labute approximate surface area is 134 Å². The Morgan fingerprint density at radius 3 is 2.95 bits per heavy atom. The van der Waals surface area contributed by atoms with Crippen molar-refractivity contribution in [3.05, 3.63) is 22.4 Å². The molecule has 0 bridgehead atoms. The van der Waals surface area contributed by atoms with E-state index in [1.54, 1.807) is 4.90 Å². The van der Waals surface area contributed by atoms with Gasteiger partial charge in [-0.3, -0.25) is 9.59 Å². The molecule has 2 heterocycles. The predicted molar refractivity (Wildman–Crippen MR) is 84.6 cm³/mol. The van der Waals surface area contributed by atoms with Crippen LogP contribution >= 0.6 is 23.7 Å². The van der Waals surface area contributed by atoms with Crippen molar-refractivity contribution < 1.29 is 9.59 Å². The first-order valence-corrected chi connectivity index (χ1v) is 7.95. The normalized spacial score (nSPS) is 21.6. The van der Waals surface area contributed by atoms with Gasteiger partial charge in [-0.2, -0.15) is 0 Å². The minimum absolute atomic E-state index is 0. The second-order valence-corrected chi connectivity index (χ2v) is 6.35. The van der Waals surface area contributed by atoms with Crippen molar-refractivity contribution in [1.29, 1.82) is 0 Å². The summed E-state index contributed by atoms with van der Waals surface area (Å²) >= 11 is 1.52. The van der Waals surface area contributed by atoms with E-state index in [1.807, 2.05) is 17.5 Å². The third-order valence-corrected chi connectivity index (χ3v) is 4.68. The molecule has 2 amide bonds. The van der Waals surface area contributed by atoms with Crippen LogP contribution in [0.2, 0.25) is 0 Å². The number of nitrogens with one attached hydrogen (secondary N) is 2. The van der Waals surface area contributed by atoms with E-state index in [4.69, 9.17) is 0 Å². The smallest absolute Gasteiger partial charge is 0.248 e. The first-order valence-electron chi connectivity index (χ1n) is 7.07. The van der Waals surface area contributed by atoms with E-state index in [2.05, 4.69) is 10.6 Å². The van der Waals surface area contributed by atoms with Crippen molar-refractivity contribution in [2.45, 2.75) is 18.9 Å². The van der Waals surface area contributed by atoms with Gasteiger partial charge in [-0.25, -0.2) is 0 Å². The van der Waals surface area contributed by atoms with Crippen molar-refractivity contribution in [2.75, 3.05) is 26.2 Å². The highest BCUT2D eigenvalue weighted by Gasteiger charge is 2.34. The van der Waals surface area contributed by atoms with Crippen LogP contribution in [-0.4, -0.2) is 42.9 Å². The van der Waals surface area contributed by atoms with Gasteiger partial charge in [0.2, 0.25) is 11.8 Å². The minimum atomic E-state index is -0.459. The van der Waals surface area contributed by atoms with E-state index in [0.717, 1.165) is 17.3 Å². The fraction of sp³-hybridized carbons (Fsp3) is 0.571. The highest BCUT2D eigenvalue weighted by Crippen LogP contribution is 2.28. The second-order valence-electron chi connectivity index (χ2n) is 5.37. The lowest BCUT2D eigenvalue weighted by molar-refractivity contribution is -0.142. The van der Waals surface area contributed by atoms with Gasteiger partial charge in [-0.05, 0) is 36.8 Å². The molecule has 0 radical (unpaired) electrons. The van der Waals surface area contributed by atoms with Crippen LogP contribution < -0.4 is 10.6 Å². The Balaban J connectivity index is 0.00000161. The summed E-state index contributed by atoms with van der Waals surface area (Å²) < 4.78 is 0. The van der Waals surface area contributed by atoms with Crippen LogP contribution in [0.4, 0.5) is 0 Å². The first kappa shape index (κ1) is 16.3. The van der Waals surface area contributed by atoms with Crippen LogP contribution in [0.15, 0.2) is 17.5 Å². The molecule has 2 fully saturated rings. The number of hydrogen-bond donors (Lipinski definition) is 2. The molecule has 7 heteroatoms. The van der Waals surface area contributed by atoms with E-state index in [0.29, 0.717) is 19.6 Å². The van der Waals surface area contributed by atoms with Crippen molar-refractivity contribution >= 4 is 35.6 Å². The summed E-state index contributed by atoms with van der Waals surface area (Å²) in [6, 6.07) is 3.37. The summed E-state index contributed by atoms with van der Waals surface area (Å²) in [6.07, 6.45) is 2.54. The standard InChI is InChI=1S/C14H19N3O2S.ClH/c18-12(9-15-8-10-3-4-10)17-6-5-16-14(19)13(17)11-2-1-7-20-11;/h1-2,7,10,13,15H,3-6,8-9H2,(H,16,19);1H. The van der Waals surface area contributed by atoms with Gasteiger partial charge in [0.05, 0.1) is 6.54 Å². The largest absolute Gasteiger partial charge is 0.352 e. The fourth-order valence-corrected chi connectivity index (χ4v) is 3.31. The lowest BCUT2D eigenvalue weighted by atomic mass is 10.1. The quantitative estimate of drug-likeness (QED) is 0.852. The number of hydrogen-bond acceptors (Lipinski definition) is 4. The molecule has 1 aromatic heterocycles. The zero-order valence-corrected chi connectivity index (χ0v) is 13.3. The highest BCUT2D eigenvalue weighted by atomic mass is 35.5. The molecule has 1 aliphatic heterocycles. The summed E-state index contributed by atoms with van der Waals surface area (Å²) in [7, 11) is 0. The zero-order chi connectivity index (χ0) is 13.9. The SMILES string of the molecule is Cl.O=C1NCCN(C(=O)CNCC2CC2)C1c1cccs1. The maximum atomic E-state index is 12.3. The molecule has 2 N–H and O–H groups in total. The van der Waals surface area contributed by atoms with Crippen molar-refractivity contribution in [3.63, 3.8) is 0 Å². The lowest BCUT2D eigenvalue weighted by Crippen LogP contribution is -2.53. The molecule has 0 spiro atoms. The number of carbonyl (C=O) groups is 2. The maximum Gasteiger partial charge on any atom is 0.248 e. The topological polar surface area (TPSA) is 61.4 Å². The maximum absolute atomic E-state index is 12.3. The molecule has 0 aromatic carbocycles. The average Bonchev–Trinajstić information content (AvgIpc) is 3.11. The molecule has 1 atom stereocenters. The van der Waals surface area contributed by atoms with Gasteiger partial charge in [0.15, 0.2) is 0 Å². The summed E-state index contributed by atoms with van der Waals surface area (Å²) in [5.41, 5.74) is 0. The Morgan fingerprint density at radius 2 is 2.29 bits per heavy atom. The van der Waals surface area contributed by atoms with Gasteiger partial charge < -0.3 is 15.5 Å². The number of amides is 2. The molecule has 21 heavy (non-hydrogen) atoms. The third kappa shape index (κ3) is 3.96. The van der Waals surface area contributed by atoms with Gasteiger partial charge in [-0.1, -0.05) is 6.07 Å². The molecule has 1 saturated carbocycles. The number of nitrogens with zero attached hydrogens (tertiary/aromatic N) is 1. The third-order valence-electron chi connectivity index (χ3n) is 3.75. The average molecular weight is 330 g/mol. The summed E-state index contributed by atoms with van der Waals surface area (Å²) in [5, 5.41) is 7.98. The van der Waals surface area contributed by atoms with Gasteiger partial charge in [0, 0.05) is 18.0 Å². The Hall–Kier alpha value is -1.11. The number of halogens is 1. The zero-order valence-electron chi connectivity index (χ0n) is 11.7. The molecular weight excluding hydrogens is 310 g/mol. The second kappa shape index (κ2) is 7.24. The monoisotopic (exact) mass is 329 g/mol. The minimum Gasteiger partial charge on any atom is -0.352 e. The highest BCUT2D eigenvalue weighted by molar-refractivity contribution is 7.10. The van der Waals surface area contributed by atoms with Crippen molar-refractivity contribution in [2.24, 2.45) is 5.92 Å². The molecule has 5 nitrogen and oxygen atoms in total. The number of carbonyl (C=O) groups excluding carboxylic acids is 2. The predicted octanol–water partition coefficient (Wildman–Crippen LogP) is 1.17. The van der Waals surface area contributed by atoms with E-state index in [-0.39, 0.29) is 24.2 Å². The molecule has 1 aromatic rings. The van der Waals surface area contributed by atoms with E-state index < -0.39 is 6.04 Å². The van der Waals surface area contributed by atoms with Crippen LogP contribution in [0.25, 0.3) is 0 Å². The van der Waals surface area contributed by atoms with E-state index in [1.165, 1.54) is 24.2 Å². The molecule has 116 valence electrons. The fourth-order valence-electron chi connectivity index (χ4n) is 2.47. The molecular formula is C14H20ClN3O2S. The van der Waals surface area contributed by atoms with E-state index in [9.17, 15) is 9.59 Å². The van der Waals surface area contributed by atoms with E-state index >= 15 is 0 Å². The van der Waals surface area contributed by atoms with Crippen LogP contribution in [-0.2, 0) is 9.59 Å². The van der Waals surface area contributed by atoms with Crippen LogP contribution in [0.3, 0.4) is 0 Å². The van der Waals surface area contributed by atoms with Crippen LogP contribution in [0, 0.1) is 5.92 Å². The number of thiophene rings is 1. The molecule has 2 aliphatic rings. The molecule has 1 unspecified atom stereocenters. The van der Waals surface area contributed by atoms with Gasteiger partial charge >= 0.3 is 0 Å². The molecule has 1 saturated heterocycles. The lowest BCUT2D eigenvalue weighted by Gasteiger charge is -2.34. The van der Waals surface area contributed by atoms with Gasteiger partial charge in [0.25, 0.3) is 0 Å². The Bertz CT molecular complexity index is 490. The molecule has 1 aliphatic carbocycles. The van der Waals surface area contributed by atoms with Crippen molar-refractivity contribution in [1.82, 2.24) is 15.5 Å². The molecule has 3 rings (SSSR count). The Morgan fingerprint density at radius 1 is 1.48 bits per heavy atom. The van der Waals surface area contributed by atoms with Crippen LogP contribution in [0.5, 0.6) is 0 Å². The number of piperazine rings is 1. The first-order chi connectivity index (χ1) is 9.75. The number of rotatable bonds is 5. The Kier molecular flexibility index (Phi) is 5.61. The summed E-state index contributed by atoms with van der Waals surface area (Å²) in [4.78, 5) is 27.0. The van der Waals surface area contributed by atoms with Crippen LogP contribution in [0.1, 0.15) is 23.8 Å². The van der Waals surface area contributed by atoms with Gasteiger partial charge in [-0.15, -0.1) is 23.7 Å². The van der Waals surface area contributed by atoms with Gasteiger partial charge in [0.1, 0.15) is 6.04 Å². The summed E-state index contributed by atoms with van der Waals surface area (Å²) in [5.74, 6) is 0.689. The van der Waals surface area contributed by atoms with Crippen molar-refractivity contribution in [3.8, 4) is 0 Å².